The molecule has 1 fully saturated rings. The molecule has 1 saturated heterocycles. The Bertz CT molecular complexity index is 495. The fourth-order valence-electron chi connectivity index (χ4n) is 2.38. The molecular formula is C15H20BrNO4. The summed E-state index contributed by atoms with van der Waals surface area (Å²) in [6.45, 7) is 1.83. The molecule has 0 aromatic heterocycles. The van der Waals surface area contributed by atoms with Crippen molar-refractivity contribution in [3.8, 4) is 11.5 Å². The largest absolute Gasteiger partial charge is 0.493 e. The number of rotatable bonds is 5. The third kappa shape index (κ3) is 3.89. The summed E-state index contributed by atoms with van der Waals surface area (Å²) < 4.78 is 15.9. The van der Waals surface area contributed by atoms with Gasteiger partial charge in [-0.3, -0.25) is 4.79 Å². The zero-order chi connectivity index (χ0) is 15.2. The second-order valence-corrected chi connectivity index (χ2v) is 5.48. The molecule has 5 nitrogen and oxygen atoms in total. The van der Waals surface area contributed by atoms with E-state index in [-0.39, 0.29) is 11.9 Å². The highest BCUT2D eigenvalue weighted by atomic mass is 79.9. The van der Waals surface area contributed by atoms with Gasteiger partial charge in [0.15, 0.2) is 11.5 Å². The lowest BCUT2D eigenvalue weighted by molar-refractivity contribution is -0.138. The predicted molar refractivity (Wildman–Crippen MR) is 83.4 cm³/mol. The Morgan fingerprint density at radius 2 is 2.14 bits per heavy atom. The number of alkyl halides is 1. The minimum Gasteiger partial charge on any atom is -0.493 e. The standard InChI is InChI=1S/C15H20BrNO4/c1-19-13-4-3-11(7-14(13)20-2)8-15(18)17-5-6-21-10-12(17)9-16/h3-4,7,12H,5-6,8-10H2,1-2H3. The van der Waals surface area contributed by atoms with Crippen LogP contribution in [0.4, 0.5) is 0 Å². The zero-order valence-corrected chi connectivity index (χ0v) is 13.9. The summed E-state index contributed by atoms with van der Waals surface area (Å²) in [4.78, 5) is 14.4. The number of hydrogen-bond donors (Lipinski definition) is 0. The lowest BCUT2D eigenvalue weighted by atomic mass is 10.1. The van der Waals surface area contributed by atoms with Crippen molar-refractivity contribution in [2.45, 2.75) is 12.5 Å². The Kier molecular flexibility index (Phi) is 5.87. The number of carbonyl (C=O) groups is 1. The Hall–Kier alpha value is -1.27. The average Bonchev–Trinajstić information content (AvgIpc) is 2.54. The molecule has 1 aromatic rings. The summed E-state index contributed by atoms with van der Waals surface area (Å²) in [6.07, 6.45) is 0.351. The third-order valence-electron chi connectivity index (χ3n) is 3.53. The fraction of sp³-hybridized carbons (Fsp3) is 0.533. The molecule has 2 rings (SSSR count). The van der Waals surface area contributed by atoms with Crippen LogP contribution in [0.25, 0.3) is 0 Å². The number of methoxy groups -OCH3 is 2. The predicted octanol–water partition coefficient (Wildman–Crippen LogP) is 1.87. The van der Waals surface area contributed by atoms with Gasteiger partial charge >= 0.3 is 0 Å². The molecule has 116 valence electrons. The summed E-state index contributed by atoms with van der Waals surface area (Å²) in [5, 5.41) is 0.727. The summed E-state index contributed by atoms with van der Waals surface area (Å²) in [6, 6.07) is 5.66. The van der Waals surface area contributed by atoms with E-state index in [1.54, 1.807) is 14.2 Å². The number of halogens is 1. The van der Waals surface area contributed by atoms with E-state index in [0.717, 1.165) is 10.9 Å². The molecule has 0 radical (unpaired) electrons. The average molecular weight is 358 g/mol. The topological polar surface area (TPSA) is 48.0 Å². The Morgan fingerprint density at radius 1 is 1.38 bits per heavy atom. The van der Waals surface area contributed by atoms with Gasteiger partial charge in [-0.25, -0.2) is 0 Å². The molecule has 1 aromatic carbocycles. The molecule has 0 saturated carbocycles. The molecule has 1 aliphatic heterocycles. The molecule has 6 heteroatoms. The number of hydrogen-bond acceptors (Lipinski definition) is 4. The summed E-state index contributed by atoms with van der Waals surface area (Å²) in [5.74, 6) is 1.41. The Balaban J connectivity index is 2.08. The molecule has 21 heavy (non-hydrogen) atoms. The molecule has 1 amide bonds. The van der Waals surface area contributed by atoms with Gasteiger partial charge in [-0.2, -0.15) is 0 Å². The number of carbonyl (C=O) groups excluding carboxylic acids is 1. The number of nitrogens with zero attached hydrogens (tertiary/aromatic N) is 1. The lowest BCUT2D eigenvalue weighted by Crippen LogP contribution is -2.50. The van der Waals surface area contributed by atoms with Crippen LogP contribution in [0.3, 0.4) is 0 Å². The van der Waals surface area contributed by atoms with Crippen LogP contribution in [0.5, 0.6) is 11.5 Å². The van der Waals surface area contributed by atoms with Crippen molar-refractivity contribution in [3.63, 3.8) is 0 Å². The van der Waals surface area contributed by atoms with Crippen LogP contribution in [0.1, 0.15) is 5.56 Å². The second-order valence-electron chi connectivity index (χ2n) is 4.84. The first kappa shape index (κ1) is 16.1. The van der Waals surface area contributed by atoms with Crippen molar-refractivity contribution in [1.29, 1.82) is 0 Å². The van der Waals surface area contributed by atoms with Crippen LogP contribution in [0, 0.1) is 0 Å². The third-order valence-corrected chi connectivity index (χ3v) is 4.28. The van der Waals surface area contributed by atoms with Crippen molar-refractivity contribution in [2.24, 2.45) is 0 Å². The summed E-state index contributed by atoms with van der Waals surface area (Å²) >= 11 is 3.44. The quantitative estimate of drug-likeness (QED) is 0.754. The maximum atomic E-state index is 12.5. The molecular weight excluding hydrogens is 338 g/mol. The summed E-state index contributed by atoms with van der Waals surface area (Å²) in [7, 11) is 3.18. The van der Waals surface area contributed by atoms with E-state index in [1.165, 1.54) is 0 Å². The maximum absolute atomic E-state index is 12.5. The molecule has 0 N–H and O–H groups in total. The molecule has 0 spiro atoms. The van der Waals surface area contributed by atoms with Crippen molar-refractivity contribution in [3.05, 3.63) is 23.8 Å². The fourth-order valence-corrected chi connectivity index (χ4v) is 2.91. The van der Waals surface area contributed by atoms with Gasteiger partial charge in [-0.05, 0) is 17.7 Å². The summed E-state index contributed by atoms with van der Waals surface area (Å²) in [5.41, 5.74) is 0.914. The van der Waals surface area contributed by atoms with Gasteiger partial charge in [0.05, 0.1) is 39.9 Å². The zero-order valence-electron chi connectivity index (χ0n) is 12.3. The van der Waals surface area contributed by atoms with Crippen LogP contribution in [0.2, 0.25) is 0 Å². The number of morpholine rings is 1. The number of amides is 1. The van der Waals surface area contributed by atoms with E-state index in [9.17, 15) is 4.79 Å². The maximum Gasteiger partial charge on any atom is 0.227 e. The highest BCUT2D eigenvalue weighted by Gasteiger charge is 2.26. The van der Waals surface area contributed by atoms with Crippen LogP contribution < -0.4 is 9.47 Å². The highest BCUT2D eigenvalue weighted by molar-refractivity contribution is 9.09. The normalized spacial score (nSPS) is 18.4. The van der Waals surface area contributed by atoms with Gasteiger partial charge in [0.25, 0.3) is 0 Å². The first-order chi connectivity index (χ1) is 10.2. The number of ether oxygens (including phenoxy) is 3. The molecule has 0 aliphatic carbocycles. The molecule has 1 unspecified atom stereocenters. The Labute approximate surface area is 133 Å². The molecule has 1 aliphatic rings. The second kappa shape index (κ2) is 7.66. The van der Waals surface area contributed by atoms with Crippen molar-refractivity contribution in [2.75, 3.05) is 39.3 Å². The van der Waals surface area contributed by atoms with Crippen molar-refractivity contribution < 1.29 is 19.0 Å². The van der Waals surface area contributed by atoms with Crippen molar-refractivity contribution >= 4 is 21.8 Å². The van der Waals surface area contributed by atoms with E-state index in [2.05, 4.69) is 15.9 Å². The number of benzene rings is 1. The van der Waals surface area contributed by atoms with Crippen LogP contribution in [-0.2, 0) is 16.0 Å². The minimum absolute atomic E-state index is 0.103. The van der Waals surface area contributed by atoms with Gasteiger partial charge in [-0.15, -0.1) is 0 Å². The Morgan fingerprint density at radius 3 is 2.81 bits per heavy atom. The van der Waals surface area contributed by atoms with Gasteiger partial charge < -0.3 is 19.1 Å². The van der Waals surface area contributed by atoms with Gasteiger partial charge in [0.2, 0.25) is 5.91 Å². The van der Waals surface area contributed by atoms with E-state index < -0.39 is 0 Å². The first-order valence-corrected chi connectivity index (χ1v) is 7.95. The first-order valence-electron chi connectivity index (χ1n) is 6.83. The van der Waals surface area contributed by atoms with E-state index in [0.29, 0.717) is 37.7 Å². The monoisotopic (exact) mass is 357 g/mol. The van der Waals surface area contributed by atoms with E-state index in [1.807, 2.05) is 23.1 Å². The molecule has 1 heterocycles. The van der Waals surface area contributed by atoms with Crippen LogP contribution in [0.15, 0.2) is 18.2 Å². The highest BCUT2D eigenvalue weighted by Crippen LogP contribution is 2.28. The molecule has 0 bridgehead atoms. The lowest BCUT2D eigenvalue weighted by Gasteiger charge is -2.34. The van der Waals surface area contributed by atoms with E-state index >= 15 is 0 Å². The van der Waals surface area contributed by atoms with E-state index in [4.69, 9.17) is 14.2 Å². The van der Waals surface area contributed by atoms with Crippen molar-refractivity contribution in [1.82, 2.24) is 4.90 Å². The molecule has 1 atom stereocenters. The van der Waals surface area contributed by atoms with Crippen LogP contribution >= 0.6 is 15.9 Å². The van der Waals surface area contributed by atoms with Gasteiger partial charge in [-0.1, -0.05) is 22.0 Å². The van der Waals surface area contributed by atoms with Crippen LogP contribution in [-0.4, -0.2) is 56.2 Å². The van der Waals surface area contributed by atoms with Gasteiger partial charge in [0, 0.05) is 11.9 Å². The minimum atomic E-state index is 0.103. The SMILES string of the molecule is COc1ccc(CC(=O)N2CCOCC2CBr)cc1OC. The van der Waals surface area contributed by atoms with Gasteiger partial charge in [0.1, 0.15) is 0 Å². The smallest absolute Gasteiger partial charge is 0.227 e.